The van der Waals surface area contributed by atoms with Crippen molar-refractivity contribution in [2.24, 2.45) is 0 Å². The summed E-state index contributed by atoms with van der Waals surface area (Å²) in [5.74, 6) is 0.822. The van der Waals surface area contributed by atoms with Gasteiger partial charge in [0, 0.05) is 6.42 Å². The minimum atomic E-state index is -0.376. The highest BCUT2D eigenvalue weighted by Crippen LogP contribution is 2.24. The lowest BCUT2D eigenvalue weighted by atomic mass is 10.2. The first-order valence-corrected chi connectivity index (χ1v) is 5.38. The minimum Gasteiger partial charge on any atom is -0.482 e. The highest BCUT2D eigenvalue weighted by molar-refractivity contribution is 9.10. The summed E-state index contributed by atoms with van der Waals surface area (Å²) in [6.07, 6.45) is 0.129. The van der Waals surface area contributed by atoms with Crippen molar-refractivity contribution < 1.29 is 9.53 Å². The fourth-order valence-corrected chi connectivity index (χ4v) is 1.46. The van der Waals surface area contributed by atoms with Crippen LogP contribution in [0.4, 0.5) is 0 Å². The average molecular weight is 257 g/mol. The first-order chi connectivity index (χ1) is 6.65. The molecule has 0 saturated heterocycles. The molecular weight excluding hydrogens is 244 g/mol. The molecule has 0 spiro atoms. The molecule has 0 aliphatic carbocycles. The number of carbonyl (C=O) groups excluding carboxylic acids is 1. The first kappa shape index (κ1) is 11.2. The Bertz CT molecular complexity index is 323. The van der Waals surface area contributed by atoms with Crippen LogP contribution in [0.5, 0.6) is 5.75 Å². The van der Waals surface area contributed by atoms with Gasteiger partial charge in [0.25, 0.3) is 0 Å². The van der Waals surface area contributed by atoms with E-state index >= 15 is 0 Å². The maximum atomic E-state index is 11.3. The molecule has 0 heterocycles. The number of carbonyl (C=O) groups is 1. The maximum absolute atomic E-state index is 11.3. The van der Waals surface area contributed by atoms with Gasteiger partial charge in [-0.1, -0.05) is 19.1 Å². The van der Waals surface area contributed by atoms with Crippen molar-refractivity contribution in [2.45, 2.75) is 26.4 Å². The van der Waals surface area contributed by atoms with Crippen LogP contribution in [0.15, 0.2) is 28.7 Å². The van der Waals surface area contributed by atoms with Gasteiger partial charge < -0.3 is 4.74 Å². The van der Waals surface area contributed by atoms with Gasteiger partial charge in [0.05, 0.1) is 4.47 Å². The van der Waals surface area contributed by atoms with Gasteiger partial charge in [-0.05, 0) is 35.0 Å². The zero-order valence-corrected chi connectivity index (χ0v) is 9.87. The summed E-state index contributed by atoms with van der Waals surface area (Å²) in [5, 5.41) is 0. The lowest BCUT2D eigenvalue weighted by Crippen LogP contribution is -2.22. The van der Waals surface area contributed by atoms with Crippen molar-refractivity contribution >= 4 is 21.7 Å². The van der Waals surface area contributed by atoms with Gasteiger partial charge in [-0.15, -0.1) is 0 Å². The van der Waals surface area contributed by atoms with Crippen molar-refractivity contribution in [1.82, 2.24) is 0 Å². The van der Waals surface area contributed by atoms with E-state index in [4.69, 9.17) is 4.74 Å². The highest BCUT2D eigenvalue weighted by atomic mass is 79.9. The van der Waals surface area contributed by atoms with Crippen LogP contribution in [0.3, 0.4) is 0 Å². The van der Waals surface area contributed by atoms with Gasteiger partial charge in [0.15, 0.2) is 11.9 Å². The van der Waals surface area contributed by atoms with E-state index in [0.29, 0.717) is 12.2 Å². The average Bonchev–Trinajstić information content (AvgIpc) is 2.20. The second-order valence-electron chi connectivity index (χ2n) is 3.01. The summed E-state index contributed by atoms with van der Waals surface area (Å²) >= 11 is 3.36. The number of rotatable bonds is 4. The summed E-state index contributed by atoms with van der Waals surface area (Å²) in [6.45, 7) is 3.60. The molecule has 2 nitrogen and oxygen atoms in total. The molecule has 1 unspecified atom stereocenters. The Hall–Kier alpha value is -0.830. The molecule has 0 amide bonds. The zero-order valence-electron chi connectivity index (χ0n) is 8.29. The van der Waals surface area contributed by atoms with E-state index < -0.39 is 0 Å². The molecule has 14 heavy (non-hydrogen) atoms. The van der Waals surface area contributed by atoms with Crippen LogP contribution in [-0.4, -0.2) is 11.9 Å². The van der Waals surface area contributed by atoms with Crippen molar-refractivity contribution in [3.8, 4) is 5.75 Å². The van der Waals surface area contributed by atoms with Crippen LogP contribution in [0.1, 0.15) is 20.3 Å². The molecule has 0 fully saturated rings. The number of hydrogen-bond donors (Lipinski definition) is 0. The predicted octanol–water partition coefficient (Wildman–Crippen LogP) is 3.20. The van der Waals surface area contributed by atoms with Gasteiger partial charge in [-0.3, -0.25) is 4.79 Å². The van der Waals surface area contributed by atoms with E-state index in [1.807, 2.05) is 31.2 Å². The third-order valence-corrected chi connectivity index (χ3v) is 2.60. The second-order valence-corrected chi connectivity index (χ2v) is 3.86. The van der Waals surface area contributed by atoms with Gasteiger partial charge >= 0.3 is 0 Å². The summed E-state index contributed by atoms with van der Waals surface area (Å²) < 4.78 is 6.37. The molecular formula is C11H13BrO2. The van der Waals surface area contributed by atoms with Crippen molar-refractivity contribution in [3.05, 3.63) is 28.7 Å². The maximum Gasteiger partial charge on any atom is 0.172 e. The quantitative estimate of drug-likeness (QED) is 0.827. The van der Waals surface area contributed by atoms with Crippen LogP contribution in [0, 0.1) is 0 Å². The topological polar surface area (TPSA) is 26.3 Å². The lowest BCUT2D eigenvalue weighted by Gasteiger charge is -2.13. The number of hydrogen-bond acceptors (Lipinski definition) is 2. The molecule has 0 saturated carbocycles. The van der Waals surface area contributed by atoms with E-state index in [0.717, 1.165) is 4.47 Å². The van der Waals surface area contributed by atoms with Gasteiger partial charge in [-0.25, -0.2) is 0 Å². The fraction of sp³-hybridized carbons (Fsp3) is 0.364. The molecule has 0 aliphatic rings. The van der Waals surface area contributed by atoms with Gasteiger partial charge in [0.1, 0.15) is 5.75 Å². The second kappa shape index (κ2) is 5.15. The SMILES string of the molecule is CCC(=O)C(C)Oc1ccccc1Br. The normalized spacial score (nSPS) is 12.2. The van der Waals surface area contributed by atoms with Crippen LogP contribution < -0.4 is 4.74 Å². The number of para-hydroxylation sites is 1. The summed E-state index contributed by atoms with van der Waals surface area (Å²) in [4.78, 5) is 11.3. The Morgan fingerprint density at radius 1 is 1.50 bits per heavy atom. The van der Waals surface area contributed by atoms with Crippen molar-refractivity contribution in [3.63, 3.8) is 0 Å². The third-order valence-electron chi connectivity index (χ3n) is 1.94. The molecule has 1 aromatic carbocycles. The molecule has 76 valence electrons. The summed E-state index contributed by atoms with van der Waals surface area (Å²) in [5.41, 5.74) is 0. The molecule has 0 bridgehead atoms. The summed E-state index contributed by atoms with van der Waals surface area (Å²) in [7, 11) is 0. The predicted molar refractivity (Wildman–Crippen MR) is 59.5 cm³/mol. The smallest absolute Gasteiger partial charge is 0.172 e. The first-order valence-electron chi connectivity index (χ1n) is 4.59. The number of benzene rings is 1. The van der Waals surface area contributed by atoms with Crippen LogP contribution in [0.2, 0.25) is 0 Å². The largest absolute Gasteiger partial charge is 0.482 e. The number of ketones is 1. The van der Waals surface area contributed by atoms with Crippen LogP contribution >= 0.6 is 15.9 Å². The Morgan fingerprint density at radius 2 is 2.14 bits per heavy atom. The lowest BCUT2D eigenvalue weighted by molar-refractivity contribution is -0.124. The number of halogens is 1. The zero-order chi connectivity index (χ0) is 10.6. The Morgan fingerprint density at radius 3 is 2.71 bits per heavy atom. The van der Waals surface area contributed by atoms with E-state index in [-0.39, 0.29) is 11.9 Å². The Balaban J connectivity index is 2.69. The molecule has 0 aromatic heterocycles. The van der Waals surface area contributed by atoms with Crippen molar-refractivity contribution in [2.75, 3.05) is 0 Å². The van der Waals surface area contributed by atoms with Crippen LogP contribution in [0.25, 0.3) is 0 Å². The molecule has 1 atom stereocenters. The van der Waals surface area contributed by atoms with E-state index in [1.54, 1.807) is 6.92 Å². The highest BCUT2D eigenvalue weighted by Gasteiger charge is 2.13. The molecule has 0 N–H and O–H groups in total. The Labute approximate surface area is 92.4 Å². The number of Topliss-reactive ketones (excluding diaryl/α,β-unsaturated/α-hetero) is 1. The standard InChI is InChI=1S/C11H13BrO2/c1-3-10(13)8(2)14-11-7-5-4-6-9(11)12/h4-8H,3H2,1-2H3. The van der Waals surface area contributed by atoms with Crippen LogP contribution in [-0.2, 0) is 4.79 Å². The Kier molecular flexibility index (Phi) is 4.14. The molecule has 0 radical (unpaired) electrons. The molecule has 3 heteroatoms. The third kappa shape index (κ3) is 2.84. The molecule has 1 rings (SSSR count). The minimum absolute atomic E-state index is 0.112. The number of ether oxygens (including phenoxy) is 1. The van der Waals surface area contributed by atoms with Crippen molar-refractivity contribution in [1.29, 1.82) is 0 Å². The van der Waals surface area contributed by atoms with E-state index in [2.05, 4.69) is 15.9 Å². The molecule has 0 aliphatic heterocycles. The fourth-order valence-electron chi connectivity index (χ4n) is 1.08. The van der Waals surface area contributed by atoms with Gasteiger partial charge in [-0.2, -0.15) is 0 Å². The molecule has 1 aromatic rings. The monoisotopic (exact) mass is 256 g/mol. The summed E-state index contributed by atoms with van der Waals surface area (Å²) in [6, 6.07) is 7.51. The van der Waals surface area contributed by atoms with E-state index in [1.165, 1.54) is 0 Å². The van der Waals surface area contributed by atoms with E-state index in [9.17, 15) is 4.79 Å². The van der Waals surface area contributed by atoms with Gasteiger partial charge in [0.2, 0.25) is 0 Å².